The summed E-state index contributed by atoms with van der Waals surface area (Å²) in [4.78, 5) is 7.74. The molecule has 0 saturated heterocycles. The predicted octanol–water partition coefficient (Wildman–Crippen LogP) is 6.84. The normalized spacial score (nSPS) is 12.7. The Morgan fingerprint density at radius 3 is 1.85 bits per heavy atom. The lowest BCUT2D eigenvalue weighted by atomic mass is 10.2. The van der Waals surface area contributed by atoms with Crippen molar-refractivity contribution in [2.45, 2.75) is 0 Å². The van der Waals surface area contributed by atoms with Crippen molar-refractivity contribution >= 4 is 66.7 Å². The van der Waals surface area contributed by atoms with Gasteiger partial charge in [0.05, 0.1) is 13.3 Å². The van der Waals surface area contributed by atoms with Crippen LogP contribution in [0.25, 0.3) is 10.4 Å². The van der Waals surface area contributed by atoms with Crippen LogP contribution >= 0.6 is 21.0 Å². The van der Waals surface area contributed by atoms with Crippen LogP contribution in [-0.2, 0) is 23.6 Å². The van der Waals surface area contributed by atoms with E-state index in [1.165, 1.54) is 0 Å². The third-order valence-electron chi connectivity index (χ3n) is 5.81. The average molecular weight is 625 g/mol. The summed E-state index contributed by atoms with van der Waals surface area (Å²) < 4.78 is 13.4. The Labute approximate surface area is 245 Å². The van der Waals surface area contributed by atoms with E-state index in [9.17, 15) is 0 Å². The first-order valence-corrected chi connectivity index (χ1v) is 19.4. The fraction of sp³-hybridized carbons (Fsp3) is 0.0741. The minimum Gasteiger partial charge on any atom is -0.449 e. The first-order chi connectivity index (χ1) is 19.4. The van der Waals surface area contributed by atoms with E-state index in [1.54, 1.807) is 18.3 Å². The fourth-order valence-corrected chi connectivity index (χ4v) is 11.1. The molecule has 0 amide bonds. The first kappa shape index (κ1) is 29.8. The van der Waals surface area contributed by atoms with Gasteiger partial charge in [-0.05, 0) is 78.1 Å². The molecule has 0 aliphatic heterocycles. The molecule has 204 valence electrons. The maximum atomic E-state index is 8.60. The van der Waals surface area contributed by atoms with Gasteiger partial charge in [0.1, 0.15) is 16.8 Å². The van der Waals surface area contributed by atoms with E-state index in [0.29, 0.717) is 11.5 Å². The van der Waals surface area contributed by atoms with Crippen LogP contribution in [-0.4, -0.2) is 24.7 Å². The number of nitrogens with zero attached hydrogens (tertiary/aromatic N) is 6. The molecule has 0 aromatic heterocycles. The Bertz CT molecular complexity index is 1570. The summed E-state index contributed by atoms with van der Waals surface area (Å²) in [5, 5.41) is 10.7. The average Bonchev–Trinajstić information content (AvgIpc) is 2.99. The molecule has 0 N–H and O–H groups in total. The number of hydrogen-bond acceptors (Lipinski definition) is 6. The zero-order valence-electron chi connectivity index (χ0n) is 21.7. The molecule has 0 fully saturated rings. The van der Waals surface area contributed by atoms with Gasteiger partial charge in [-0.3, -0.25) is 4.78 Å². The van der Waals surface area contributed by atoms with Gasteiger partial charge < -0.3 is 9.36 Å². The Morgan fingerprint density at radius 1 is 0.800 bits per heavy atom. The van der Waals surface area contributed by atoms with Crippen molar-refractivity contribution in [3.8, 4) is 11.5 Å². The molecule has 0 aliphatic rings. The largest absolute Gasteiger partial charge is 0.449 e. The molecule has 4 aromatic rings. The van der Waals surface area contributed by atoms with Crippen LogP contribution < -0.4 is 25.3 Å². The van der Waals surface area contributed by atoms with E-state index in [4.69, 9.17) is 43.0 Å². The van der Waals surface area contributed by atoms with E-state index in [2.05, 4.69) is 39.6 Å². The molecule has 13 heteroatoms. The number of rotatable bonds is 11. The second-order valence-corrected chi connectivity index (χ2v) is 17.2. The number of azide groups is 1. The maximum Gasteiger partial charge on any atom is 0.210 e. The summed E-state index contributed by atoms with van der Waals surface area (Å²) in [6, 6.07) is 35.4. The molecular formula is C27H27N6O2P3S2. The molecule has 40 heavy (non-hydrogen) atoms. The summed E-state index contributed by atoms with van der Waals surface area (Å²) in [6.07, 6.45) is 1.78. The van der Waals surface area contributed by atoms with E-state index in [1.807, 2.05) is 91.3 Å². The summed E-state index contributed by atoms with van der Waals surface area (Å²) in [5.74, 6) is 1.08. The van der Waals surface area contributed by atoms with E-state index in [0.717, 1.165) is 21.5 Å². The van der Waals surface area contributed by atoms with Gasteiger partial charge in [-0.15, -0.1) is 0 Å². The highest BCUT2D eigenvalue weighted by molar-refractivity contribution is 8.05. The second kappa shape index (κ2) is 14.4. The van der Waals surface area contributed by atoms with E-state index in [-0.39, 0.29) is 0 Å². The van der Waals surface area contributed by atoms with Crippen molar-refractivity contribution < 1.29 is 9.36 Å². The highest BCUT2D eigenvalue weighted by atomic mass is 32.4. The molecule has 4 aromatic carbocycles. The van der Waals surface area contributed by atoms with E-state index >= 15 is 0 Å². The van der Waals surface area contributed by atoms with Crippen LogP contribution in [0.2, 0.25) is 0 Å². The van der Waals surface area contributed by atoms with Gasteiger partial charge in [0, 0.05) is 34.7 Å². The predicted molar refractivity (Wildman–Crippen MR) is 177 cm³/mol. The summed E-state index contributed by atoms with van der Waals surface area (Å²) in [7, 11) is -2.80. The highest BCUT2D eigenvalue weighted by Gasteiger charge is 2.28. The zero-order valence-corrected chi connectivity index (χ0v) is 26.3. The van der Waals surface area contributed by atoms with Gasteiger partial charge in [-0.2, -0.15) is 5.10 Å². The van der Waals surface area contributed by atoms with Crippen molar-refractivity contribution in [3.63, 3.8) is 0 Å². The van der Waals surface area contributed by atoms with Gasteiger partial charge in [0.25, 0.3) is 0 Å². The minimum atomic E-state index is -2.58. The maximum absolute atomic E-state index is 8.60. The third-order valence-corrected chi connectivity index (χ3v) is 14.0. The van der Waals surface area contributed by atoms with Crippen molar-refractivity contribution in [1.29, 1.82) is 0 Å². The van der Waals surface area contributed by atoms with Crippen LogP contribution in [0.1, 0.15) is 5.56 Å². The van der Waals surface area contributed by atoms with Crippen molar-refractivity contribution in [2.24, 2.45) is 14.9 Å². The lowest BCUT2D eigenvalue weighted by Crippen LogP contribution is -2.25. The molecule has 0 aliphatic carbocycles. The smallest absolute Gasteiger partial charge is 0.210 e. The van der Waals surface area contributed by atoms with Crippen LogP contribution in [0.15, 0.2) is 124 Å². The molecule has 2 atom stereocenters. The standard InChI is InChI=1S/C27H27N6O2P3S2/c1-33(36(2)39)29-21-22-13-15-24(16-14-22)35-37(40)32-38(25-9-5-3-6-10-25,26-11-7-4-8-12-26)27-19-17-23(18-20-27)34-31-30-28/h3-21,36-37H,1-2H3. The number of hydrazone groups is 1. The molecule has 0 saturated carbocycles. The molecule has 8 nitrogen and oxygen atoms in total. The van der Waals surface area contributed by atoms with Gasteiger partial charge in [-0.1, -0.05) is 72.5 Å². The van der Waals surface area contributed by atoms with Gasteiger partial charge >= 0.3 is 0 Å². The second-order valence-electron chi connectivity index (χ2n) is 8.39. The lowest BCUT2D eigenvalue weighted by molar-refractivity contribution is 0.333. The number of hydrogen-bond donors (Lipinski definition) is 0. The molecule has 0 heterocycles. The molecule has 4 rings (SSSR count). The summed E-state index contributed by atoms with van der Waals surface area (Å²) >= 11 is 11.2. The summed E-state index contributed by atoms with van der Waals surface area (Å²) in [6.45, 7) is 0.956. The lowest BCUT2D eigenvalue weighted by Gasteiger charge is -2.27. The van der Waals surface area contributed by atoms with Crippen LogP contribution in [0.5, 0.6) is 11.5 Å². The Hall–Kier alpha value is -3.21. The van der Waals surface area contributed by atoms with Crippen molar-refractivity contribution in [3.05, 3.63) is 125 Å². The molecule has 0 radical (unpaired) electrons. The molecule has 2 unspecified atom stereocenters. The van der Waals surface area contributed by atoms with Crippen LogP contribution in [0.4, 0.5) is 0 Å². The molecular weight excluding hydrogens is 597 g/mol. The zero-order chi connectivity index (χ0) is 28.4. The third kappa shape index (κ3) is 7.50. The quantitative estimate of drug-likeness (QED) is 0.0455. The Morgan fingerprint density at radius 2 is 1.32 bits per heavy atom. The minimum absolute atomic E-state index is 0.430. The fourth-order valence-electron chi connectivity index (χ4n) is 3.80. The van der Waals surface area contributed by atoms with Gasteiger partial charge in [0.2, 0.25) is 7.07 Å². The van der Waals surface area contributed by atoms with Crippen LogP contribution in [0.3, 0.4) is 0 Å². The van der Waals surface area contributed by atoms with E-state index < -0.39 is 21.0 Å². The van der Waals surface area contributed by atoms with Crippen molar-refractivity contribution in [1.82, 2.24) is 4.78 Å². The molecule has 0 spiro atoms. The van der Waals surface area contributed by atoms with Crippen LogP contribution in [0, 0.1) is 0 Å². The van der Waals surface area contributed by atoms with Gasteiger partial charge in [-0.25, -0.2) is 4.52 Å². The first-order valence-electron chi connectivity index (χ1n) is 12.1. The Kier molecular flexibility index (Phi) is 10.7. The van der Waals surface area contributed by atoms with Gasteiger partial charge in [0.15, 0.2) is 0 Å². The highest BCUT2D eigenvalue weighted by Crippen LogP contribution is 2.52. The number of benzene rings is 4. The summed E-state index contributed by atoms with van der Waals surface area (Å²) in [5.41, 5.74) is 9.54. The SMILES string of the molecule is CN(N=Cc1ccc(O[PH](=S)N=P(c2ccccc2)(c2ccccc2)c2ccc(ON=[N+]=[N-])cc2)cc1)[PH](C)=S. The van der Waals surface area contributed by atoms with Crippen molar-refractivity contribution in [2.75, 3.05) is 13.7 Å². The molecule has 0 bridgehead atoms. The Balaban J connectivity index is 1.76. The topological polar surface area (TPSA) is 95.2 Å². The monoisotopic (exact) mass is 624 g/mol.